The third-order valence-corrected chi connectivity index (χ3v) is 3.66. The fourth-order valence-corrected chi connectivity index (χ4v) is 2.43. The number of nitrogens with one attached hydrogen (secondary N) is 3. The highest BCUT2D eigenvalue weighted by Crippen LogP contribution is 2.21. The van der Waals surface area contributed by atoms with Gasteiger partial charge in [0.05, 0.1) is 6.21 Å². The highest BCUT2D eigenvalue weighted by Gasteiger charge is 2.37. The number of carbonyl (C=O) groups excluding carboxylic acids is 2. The molecule has 152 valence electrons. The van der Waals surface area contributed by atoms with Crippen LogP contribution in [0, 0.1) is 0 Å². The molecule has 0 fully saturated rings. The van der Waals surface area contributed by atoms with Crippen LogP contribution in [0.1, 0.15) is 25.0 Å². The van der Waals surface area contributed by atoms with Gasteiger partial charge in [-0.3, -0.25) is 14.6 Å². The maximum atomic E-state index is 12.6. The van der Waals surface area contributed by atoms with Crippen molar-refractivity contribution >= 4 is 18.0 Å². The van der Waals surface area contributed by atoms with Crippen molar-refractivity contribution < 1.29 is 27.5 Å². The van der Waals surface area contributed by atoms with Crippen LogP contribution in [0.4, 0.5) is 13.2 Å². The quantitative estimate of drug-likeness (QED) is 0.639. The van der Waals surface area contributed by atoms with Gasteiger partial charge in [0, 0.05) is 37.6 Å². The van der Waals surface area contributed by atoms with Gasteiger partial charge < -0.3 is 20.7 Å². The van der Waals surface area contributed by atoms with Crippen LogP contribution in [0.2, 0.25) is 0 Å². The number of aromatic nitrogens is 1. The van der Waals surface area contributed by atoms with Crippen molar-refractivity contribution in [2.45, 2.75) is 38.7 Å². The van der Waals surface area contributed by atoms with E-state index in [0.717, 1.165) is 0 Å². The van der Waals surface area contributed by atoms with Gasteiger partial charge in [0.1, 0.15) is 0 Å². The number of amides is 2. The number of carbonyl (C=O) groups is 2. The van der Waals surface area contributed by atoms with Gasteiger partial charge in [0.15, 0.2) is 6.61 Å². The molecule has 0 aliphatic carbocycles. The van der Waals surface area contributed by atoms with E-state index < -0.39 is 30.3 Å². The molecule has 0 spiro atoms. The van der Waals surface area contributed by atoms with E-state index in [1.165, 1.54) is 31.7 Å². The van der Waals surface area contributed by atoms with Crippen molar-refractivity contribution in [2.24, 2.45) is 4.99 Å². The zero-order valence-electron chi connectivity index (χ0n) is 15.3. The number of aryl methyl sites for hydroxylation is 1. The second-order valence-corrected chi connectivity index (χ2v) is 5.98. The lowest BCUT2D eigenvalue weighted by atomic mass is 10.1. The van der Waals surface area contributed by atoms with Crippen molar-refractivity contribution in [3.8, 4) is 5.88 Å². The smallest absolute Gasteiger partial charge is 0.422 e. The summed E-state index contributed by atoms with van der Waals surface area (Å²) in [6.07, 6.45) is 1.35. The van der Waals surface area contributed by atoms with E-state index in [2.05, 4.69) is 25.9 Å². The molecule has 2 amide bonds. The fraction of sp³-hybridized carbons (Fsp3) is 0.412. The van der Waals surface area contributed by atoms with Crippen molar-refractivity contribution in [3.63, 3.8) is 0 Å². The molecular weight excluding hydrogens is 379 g/mol. The summed E-state index contributed by atoms with van der Waals surface area (Å²) in [6.45, 7) is 1.63. The molecule has 1 aliphatic rings. The predicted molar refractivity (Wildman–Crippen MR) is 94.3 cm³/mol. The van der Waals surface area contributed by atoms with Gasteiger partial charge >= 0.3 is 6.18 Å². The summed E-state index contributed by atoms with van der Waals surface area (Å²) in [4.78, 5) is 31.8. The van der Waals surface area contributed by atoms with Gasteiger partial charge in [-0.2, -0.15) is 13.2 Å². The Bertz CT molecular complexity index is 795. The SMILES string of the molecule is CCc1cc(CNC(=O)C2(NC(C)=O)C=NC=CN2)cnc1OCC(F)(F)F. The molecule has 0 bridgehead atoms. The lowest BCUT2D eigenvalue weighted by Crippen LogP contribution is -2.67. The number of halogens is 3. The second kappa shape index (κ2) is 8.72. The zero-order chi connectivity index (χ0) is 20.8. The van der Waals surface area contributed by atoms with Crippen molar-refractivity contribution in [1.29, 1.82) is 0 Å². The Hall–Kier alpha value is -3.11. The molecular formula is C17H20F3N5O3. The first-order valence-electron chi connectivity index (χ1n) is 8.36. The van der Waals surface area contributed by atoms with Crippen LogP contribution in [0.5, 0.6) is 5.88 Å². The monoisotopic (exact) mass is 399 g/mol. The highest BCUT2D eigenvalue weighted by atomic mass is 19.4. The van der Waals surface area contributed by atoms with Crippen LogP contribution >= 0.6 is 0 Å². The molecule has 1 aromatic rings. The third-order valence-electron chi connectivity index (χ3n) is 3.66. The molecule has 1 unspecified atom stereocenters. The van der Waals surface area contributed by atoms with Gasteiger partial charge in [-0.25, -0.2) is 4.98 Å². The summed E-state index contributed by atoms with van der Waals surface area (Å²) in [6, 6.07) is 1.60. The summed E-state index contributed by atoms with van der Waals surface area (Å²) >= 11 is 0. The largest absolute Gasteiger partial charge is 0.468 e. The van der Waals surface area contributed by atoms with E-state index in [0.29, 0.717) is 17.5 Å². The summed E-state index contributed by atoms with van der Waals surface area (Å²) in [5, 5.41) is 7.88. The Morgan fingerprint density at radius 3 is 2.68 bits per heavy atom. The molecule has 0 aromatic carbocycles. The average Bonchev–Trinajstić information content (AvgIpc) is 2.64. The van der Waals surface area contributed by atoms with Gasteiger partial charge in [-0.15, -0.1) is 0 Å². The molecule has 8 nitrogen and oxygen atoms in total. The molecule has 0 saturated heterocycles. The minimum atomic E-state index is -4.46. The average molecular weight is 399 g/mol. The van der Waals surface area contributed by atoms with Crippen LogP contribution in [0.25, 0.3) is 0 Å². The lowest BCUT2D eigenvalue weighted by Gasteiger charge is -2.30. The number of ether oxygens (including phenoxy) is 1. The first-order valence-corrected chi connectivity index (χ1v) is 8.36. The van der Waals surface area contributed by atoms with Gasteiger partial charge in [-0.05, 0) is 18.1 Å². The Kier molecular flexibility index (Phi) is 6.60. The number of aliphatic imine (C=N–C) groups is 1. The molecule has 0 radical (unpaired) electrons. The molecule has 1 atom stereocenters. The second-order valence-electron chi connectivity index (χ2n) is 5.98. The van der Waals surface area contributed by atoms with E-state index in [1.54, 1.807) is 13.0 Å². The summed E-state index contributed by atoms with van der Waals surface area (Å²) in [5.74, 6) is -1.10. The first kappa shape index (κ1) is 21.2. The summed E-state index contributed by atoms with van der Waals surface area (Å²) < 4.78 is 41.7. The van der Waals surface area contributed by atoms with Crippen molar-refractivity contribution in [2.75, 3.05) is 6.61 Å². The Morgan fingerprint density at radius 1 is 1.36 bits per heavy atom. The molecule has 1 aliphatic heterocycles. The van der Waals surface area contributed by atoms with E-state index >= 15 is 0 Å². The maximum Gasteiger partial charge on any atom is 0.422 e. The zero-order valence-corrected chi connectivity index (χ0v) is 15.3. The standard InChI is InChI=1S/C17H20F3N5O3/c1-3-13-6-12(7-22-14(13)28-10-17(18,19)20)8-23-15(27)16(25-11(2)26)9-21-4-5-24-16/h4-7,9,24H,3,8,10H2,1-2H3,(H,23,27)(H,25,26). The van der Waals surface area contributed by atoms with Crippen LogP contribution < -0.4 is 20.7 Å². The number of pyridine rings is 1. The van der Waals surface area contributed by atoms with Gasteiger partial charge in [-0.1, -0.05) is 6.92 Å². The van der Waals surface area contributed by atoms with Crippen molar-refractivity contribution in [3.05, 3.63) is 35.8 Å². The first-order chi connectivity index (χ1) is 13.1. The number of rotatable bonds is 7. The normalized spacial score (nSPS) is 18.3. The molecule has 0 saturated carbocycles. The van der Waals surface area contributed by atoms with Gasteiger partial charge in [0.2, 0.25) is 17.5 Å². The third kappa shape index (κ3) is 5.69. The number of nitrogens with zero attached hydrogens (tertiary/aromatic N) is 2. The van der Waals surface area contributed by atoms with E-state index in [1.807, 2.05) is 0 Å². The van der Waals surface area contributed by atoms with Crippen LogP contribution in [-0.4, -0.2) is 41.5 Å². The number of hydrogen-bond donors (Lipinski definition) is 3. The topological polar surface area (TPSA) is 105 Å². The molecule has 2 rings (SSSR count). The maximum absolute atomic E-state index is 12.6. The number of alkyl halides is 3. The molecule has 11 heteroatoms. The van der Waals surface area contributed by atoms with Gasteiger partial charge in [0.25, 0.3) is 5.91 Å². The predicted octanol–water partition coefficient (Wildman–Crippen LogP) is 1.18. The lowest BCUT2D eigenvalue weighted by molar-refractivity contribution is -0.154. The Balaban J connectivity index is 2.06. The van der Waals surface area contributed by atoms with Crippen molar-refractivity contribution in [1.82, 2.24) is 20.9 Å². The van der Waals surface area contributed by atoms with Crippen LogP contribution in [0.3, 0.4) is 0 Å². The number of hydrogen-bond acceptors (Lipinski definition) is 6. The minimum Gasteiger partial charge on any atom is -0.468 e. The molecule has 28 heavy (non-hydrogen) atoms. The Labute approximate surface area is 159 Å². The van der Waals surface area contributed by atoms with E-state index in [4.69, 9.17) is 4.74 Å². The molecule has 1 aromatic heterocycles. The molecule has 2 heterocycles. The minimum absolute atomic E-state index is 0.0406. The van der Waals surface area contributed by atoms with Crippen LogP contribution in [0.15, 0.2) is 29.7 Å². The Morgan fingerprint density at radius 2 is 2.11 bits per heavy atom. The fourth-order valence-electron chi connectivity index (χ4n) is 2.43. The van der Waals surface area contributed by atoms with E-state index in [9.17, 15) is 22.8 Å². The highest BCUT2D eigenvalue weighted by molar-refractivity contribution is 6.06. The van der Waals surface area contributed by atoms with E-state index in [-0.39, 0.29) is 12.4 Å². The summed E-state index contributed by atoms with van der Waals surface area (Å²) in [7, 11) is 0. The summed E-state index contributed by atoms with van der Waals surface area (Å²) in [5.41, 5.74) is -0.490. The molecule has 3 N–H and O–H groups in total. The van der Waals surface area contributed by atoms with Crippen LogP contribution in [-0.2, 0) is 22.6 Å².